The number of hydrogen-bond acceptors (Lipinski definition) is 4. The number of aliphatic hydroxyl groups is 1. The summed E-state index contributed by atoms with van der Waals surface area (Å²) in [4.78, 5) is 23.5. The number of carbonyl (C=O) groups excluding carboxylic acids is 1. The number of allylic oxidation sites excluding steroid dienone is 3. The van der Waals surface area contributed by atoms with E-state index >= 15 is 0 Å². The molecular formula is C21H31NO4. The highest BCUT2D eigenvalue weighted by Crippen LogP contribution is 2.34. The number of nitriles is 1. The number of hydrogen-bond donors (Lipinski definition) is 2. The SMILES string of the molecule is CCCCC[C@@H](O)/C=C\C/C=C/CC(C#N)[C@H](C(=O)O)[C@H]1CCCC1=O. The van der Waals surface area contributed by atoms with Crippen molar-refractivity contribution in [1.29, 1.82) is 5.26 Å². The Morgan fingerprint density at radius 3 is 2.69 bits per heavy atom. The fourth-order valence-corrected chi connectivity index (χ4v) is 3.48. The summed E-state index contributed by atoms with van der Waals surface area (Å²) < 4.78 is 0. The van der Waals surface area contributed by atoms with Gasteiger partial charge < -0.3 is 10.2 Å². The highest BCUT2D eigenvalue weighted by molar-refractivity contribution is 5.88. The van der Waals surface area contributed by atoms with Gasteiger partial charge in [-0.25, -0.2) is 0 Å². The maximum atomic E-state index is 11.9. The third-order valence-corrected chi connectivity index (χ3v) is 4.96. The summed E-state index contributed by atoms with van der Waals surface area (Å²) in [5.74, 6) is -3.22. The first kappa shape index (κ1) is 22.1. The highest BCUT2D eigenvalue weighted by atomic mass is 16.4. The minimum atomic E-state index is -1.06. The lowest BCUT2D eigenvalue weighted by molar-refractivity contribution is -0.147. The van der Waals surface area contributed by atoms with Crippen molar-refractivity contribution in [3.63, 3.8) is 0 Å². The Morgan fingerprint density at radius 1 is 1.35 bits per heavy atom. The number of aliphatic hydroxyl groups excluding tert-OH is 1. The zero-order valence-electron chi connectivity index (χ0n) is 15.6. The van der Waals surface area contributed by atoms with E-state index in [9.17, 15) is 25.1 Å². The molecule has 0 saturated heterocycles. The van der Waals surface area contributed by atoms with Crippen molar-refractivity contribution in [2.75, 3.05) is 0 Å². The van der Waals surface area contributed by atoms with Crippen LogP contribution < -0.4 is 0 Å². The molecule has 1 rings (SSSR count). The summed E-state index contributed by atoms with van der Waals surface area (Å²) in [7, 11) is 0. The first-order valence-corrected chi connectivity index (χ1v) is 9.66. The van der Waals surface area contributed by atoms with E-state index in [1.807, 2.05) is 12.2 Å². The monoisotopic (exact) mass is 361 g/mol. The van der Waals surface area contributed by atoms with E-state index in [2.05, 4.69) is 13.0 Å². The maximum Gasteiger partial charge on any atom is 0.308 e. The first-order chi connectivity index (χ1) is 12.5. The summed E-state index contributed by atoms with van der Waals surface area (Å²) in [6, 6.07) is 2.08. The lowest BCUT2D eigenvalue weighted by Crippen LogP contribution is -2.32. The largest absolute Gasteiger partial charge is 0.481 e. The smallest absolute Gasteiger partial charge is 0.308 e. The fraction of sp³-hybridized carbons (Fsp3) is 0.667. The molecule has 4 atom stereocenters. The van der Waals surface area contributed by atoms with E-state index in [0.717, 1.165) is 25.7 Å². The van der Waals surface area contributed by atoms with Gasteiger partial charge in [0.2, 0.25) is 0 Å². The molecule has 0 aromatic rings. The van der Waals surface area contributed by atoms with Crippen LogP contribution in [-0.4, -0.2) is 28.1 Å². The third kappa shape index (κ3) is 7.53. The van der Waals surface area contributed by atoms with E-state index < -0.39 is 29.8 Å². The number of rotatable bonds is 12. The summed E-state index contributed by atoms with van der Waals surface area (Å²) in [6.07, 6.45) is 13.6. The number of ketones is 1. The molecule has 1 aliphatic carbocycles. The standard InChI is InChI=1S/C21H31NO4/c1-2-3-6-11-17(23)12-8-5-4-7-10-16(15-22)20(21(25)26)18-13-9-14-19(18)24/h4,7-8,12,16-18,20,23H,2-3,5-6,9-11,13-14H2,1H3,(H,25,26)/b7-4+,12-8-/t16?,17-,18+,20+/m1/s1. The number of nitrogens with zero attached hydrogens (tertiary/aromatic N) is 1. The van der Waals surface area contributed by atoms with Crippen molar-refractivity contribution >= 4 is 11.8 Å². The van der Waals surface area contributed by atoms with Crippen LogP contribution in [0.5, 0.6) is 0 Å². The van der Waals surface area contributed by atoms with Crippen LogP contribution in [0.4, 0.5) is 0 Å². The predicted octanol–water partition coefficient (Wildman–Crippen LogP) is 4.03. The van der Waals surface area contributed by atoms with Crippen molar-refractivity contribution in [3.05, 3.63) is 24.3 Å². The minimum absolute atomic E-state index is 0.0263. The van der Waals surface area contributed by atoms with Crippen LogP contribution in [0.1, 0.15) is 64.7 Å². The van der Waals surface area contributed by atoms with Crippen LogP contribution in [0, 0.1) is 29.1 Å². The highest BCUT2D eigenvalue weighted by Gasteiger charge is 2.41. The molecule has 1 unspecified atom stereocenters. The van der Waals surface area contributed by atoms with Crippen LogP contribution in [0.2, 0.25) is 0 Å². The lowest BCUT2D eigenvalue weighted by atomic mass is 9.79. The van der Waals surface area contributed by atoms with Crippen LogP contribution in [0.15, 0.2) is 24.3 Å². The molecule has 5 heteroatoms. The van der Waals surface area contributed by atoms with Crippen molar-refractivity contribution in [3.8, 4) is 6.07 Å². The molecule has 5 nitrogen and oxygen atoms in total. The normalized spacial score (nSPS) is 21.1. The number of aliphatic carboxylic acids is 1. The van der Waals surface area contributed by atoms with E-state index in [0.29, 0.717) is 32.1 Å². The quantitative estimate of drug-likeness (QED) is 0.404. The molecule has 26 heavy (non-hydrogen) atoms. The van der Waals surface area contributed by atoms with Crippen molar-refractivity contribution in [2.24, 2.45) is 17.8 Å². The molecule has 0 spiro atoms. The van der Waals surface area contributed by atoms with Gasteiger partial charge in [-0.1, -0.05) is 50.5 Å². The van der Waals surface area contributed by atoms with Gasteiger partial charge in [-0.05, 0) is 32.1 Å². The number of carboxylic acids is 1. The molecule has 0 aromatic carbocycles. The molecule has 2 N–H and O–H groups in total. The van der Waals surface area contributed by atoms with Gasteiger partial charge in [-0.3, -0.25) is 9.59 Å². The van der Waals surface area contributed by atoms with Gasteiger partial charge in [0.1, 0.15) is 5.78 Å². The average Bonchev–Trinajstić information content (AvgIpc) is 3.02. The Morgan fingerprint density at radius 2 is 2.12 bits per heavy atom. The minimum Gasteiger partial charge on any atom is -0.481 e. The van der Waals surface area contributed by atoms with Crippen molar-refractivity contribution < 1.29 is 19.8 Å². The molecule has 144 valence electrons. The number of Topliss-reactive ketones (excluding diaryl/α,β-unsaturated/α-hetero) is 1. The number of carbonyl (C=O) groups is 2. The Hall–Kier alpha value is -1.93. The molecule has 0 aliphatic heterocycles. The summed E-state index contributed by atoms with van der Waals surface area (Å²) >= 11 is 0. The zero-order chi connectivity index (χ0) is 19.4. The van der Waals surface area contributed by atoms with Gasteiger partial charge in [0.05, 0.1) is 24.0 Å². The molecular weight excluding hydrogens is 330 g/mol. The van der Waals surface area contributed by atoms with Crippen LogP contribution in [0.25, 0.3) is 0 Å². The molecule has 1 aliphatic rings. The topological polar surface area (TPSA) is 98.4 Å². The molecule has 0 bridgehead atoms. The molecule has 1 fully saturated rings. The average molecular weight is 361 g/mol. The van der Waals surface area contributed by atoms with Gasteiger partial charge in [0.25, 0.3) is 0 Å². The van der Waals surface area contributed by atoms with Gasteiger partial charge in [-0.2, -0.15) is 5.26 Å². The van der Waals surface area contributed by atoms with E-state index in [-0.39, 0.29) is 5.78 Å². The lowest BCUT2D eigenvalue weighted by Gasteiger charge is -2.21. The van der Waals surface area contributed by atoms with E-state index in [1.165, 1.54) is 0 Å². The summed E-state index contributed by atoms with van der Waals surface area (Å²) in [6.45, 7) is 2.12. The molecule has 0 radical (unpaired) electrons. The second-order valence-corrected chi connectivity index (χ2v) is 7.00. The molecule has 0 heterocycles. The van der Waals surface area contributed by atoms with E-state index in [1.54, 1.807) is 12.2 Å². The van der Waals surface area contributed by atoms with Gasteiger partial charge in [0.15, 0.2) is 0 Å². The summed E-state index contributed by atoms with van der Waals surface area (Å²) in [5, 5.41) is 28.6. The Labute approximate surface area is 156 Å². The number of unbranched alkanes of at least 4 members (excludes halogenated alkanes) is 2. The Bertz CT molecular complexity index is 547. The van der Waals surface area contributed by atoms with Gasteiger partial charge >= 0.3 is 5.97 Å². The summed E-state index contributed by atoms with van der Waals surface area (Å²) in [5.41, 5.74) is 0. The maximum absolute atomic E-state index is 11.9. The van der Waals surface area contributed by atoms with Gasteiger partial charge in [-0.15, -0.1) is 0 Å². The molecule has 1 saturated carbocycles. The van der Waals surface area contributed by atoms with Crippen molar-refractivity contribution in [1.82, 2.24) is 0 Å². The van der Waals surface area contributed by atoms with E-state index in [4.69, 9.17) is 0 Å². The van der Waals surface area contributed by atoms with Crippen LogP contribution >= 0.6 is 0 Å². The zero-order valence-corrected chi connectivity index (χ0v) is 15.6. The fourth-order valence-electron chi connectivity index (χ4n) is 3.48. The van der Waals surface area contributed by atoms with Gasteiger partial charge in [0, 0.05) is 12.3 Å². The molecule has 0 amide bonds. The Balaban J connectivity index is 2.47. The predicted molar refractivity (Wildman–Crippen MR) is 100 cm³/mol. The van der Waals surface area contributed by atoms with Crippen LogP contribution in [0.3, 0.4) is 0 Å². The second kappa shape index (κ2) is 12.4. The molecule has 0 aromatic heterocycles. The first-order valence-electron chi connectivity index (χ1n) is 9.66. The third-order valence-electron chi connectivity index (χ3n) is 4.96. The number of carboxylic acid groups (broad SMARTS) is 1. The van der Waals surface area contributed by atoms with Crippen molar-refractivity contribution in [2.45, 2.75) is 70.8 Å². The second-order valence-electron chi connectivity index (χ2n) is 7.00. The van der Waals surface area contributed by atoms with Crippen LogP contribution in [-0.2, 0) is 9.59 Å². The Kier molecular flexibility index (Phi) is 10.6.